The molecule has 1 saturated carbocycles. The van der Waals surface area contributed by atoms with Crippen LogP contribution in [0.1, 0.15) is 72.1 Å². The molecule has 0 aromatic heterocycles. The van der Waals surface area contributed by atoms with Gasteiger partial charge in [0, 0.05) is 12.1 Å². The molecule has 2 N–H and O–H groups in total. The maximum Gasteiger partial charge on any atom is 0.00822 e. The Balaban J connectivity index is 1.73. The van der Waals surface area contributed by atoms with Gasteiger partial charge >= 0.3 is 0 Å². The average molecular weight is 266 g/mol. The first-order chi connectivity index (χ1) is 9.12. The molecule has 0 radical (unpaired) electrons. The van der Waals surface area contributed by atoms with Gasteiger partial charge in [0.25, 0.3) is 0 Å². The number of nitrogens with one attached hydrogen (secondary N) is 2. The zero-order valence-electron chi connectivity index (χ0n) is 13.3. The highest BCUT2D eigenvalue weighted by Crippen LogP contribution is 2.40. The van der Waals surface area contributed by atoms with Crippen molar-refractivity contribution >= 4 is 0 Å². The summed E-state index contributed by atoms with van der Waals surface area (Å²) in [6, 6.07) is 1.57. The number of rotatable bonds is 4. The summed E-state index contributed by atoms with van der Waals surface area (Å²) in [6.45, 7) is 9.69. The van der Waals surface area contributed by atoms with Crippen molar-refractivity contribution in [3.63, 3.8) is 0 Å². The molecule has 0 spiro atoms. The van der Waals surface area contributed by atoms with Crippen LogP contribution in [0.4, 0.5) is 0 Å². The van der Waals surface area contributed by atoms with Gasteiger partial charge in [-0.05, 0) is 69.4 Å². The maximum atomic E-state index is 3.95. The fourth-order valence-electron chi connectivity index (χ4n) is 3.85. The van der Waals surface area contributed by atoms with E-state index in [1.807, 2.05) is 0 Å². The predicted octanol–water partition coefficient (Wildman–Crippen LogP) is 3.71. The van der Waals surface area contributed by atoms with E-state index in [1.54, 1.807) is 0 Å². The van der Waals surface area contributed by atoms with E-state index in [-0.39, 0.29) is 0 Å². The largest absolute Gasteiger partial charge is 0.317 e. The van der Waals surface area contributed by atoms with Gasteiger partial charge in [-0.25, -0.2) is 0 Å². The van der Waals surface area contributed by atoms with Crippen molar-refractivity contribution in [2.24, 2.45) is 11.3 Å². The van der Waals surface area contributed by atoms with Crippen molar-refractivity contribution in [1.29, 1.82) is 0 Å². The summed E-state index contributed by atoms with van der Waals surface area (Å²) < 4.78 is 0. The lowest BCUT2D eigenvalue weighted by molar-refractivity contribution is 0.133. The lowest BCUT2D eigenvalue weighted by atomic mass is 9.69. The van der Waals surface area contributed by atoms with Gasteiger partial charge in [0.05, 0.1) is 0 Å². The van der Waals surface area contributed by atoms with Gasteiger partial charge in [0.15, 0.2) is 0 Å². The first-order valence-electron chi connectivity index (χ1n) is 8.58. The topological polar surface area (TPSA) is 24.1 Å². The maximum absolute atomic E-state index is 3.95. The fraction of sp³-hybridized carbons (Fsp3) is 1.00. The molecule has 1 unspecified atom stereocenters. The average Bonchev–Trinajstić information content (AvgIpc) is 2.68. The van der Waals surface area contributed by atoms with E-state index in [0.29, 0.717) is 5.41 Å². The monoisotopic (exact) mass is 266 g/mol. The molecule has 0 bridgehead atoms. The van der Waals surface area contributed by atoms with Crippen molar-refractivity contribution < 1.29 is 0 Å². The second-order valence-electron chi connectivity index (χ2n) is 7.44. The first-order valence-corrected chi connectivity index (χ1v) is 8.58. The van der Waals surface area contributed by atoms with E-state index in [9.17, 15) is 0 Å². The molecule has 2 nitrogen and oxygen atoms in total. The normalized spacial score (nSPS) is 33.9. The Morgan fingerprint density at radius 1 is 0.947 bits per heavy atom. The quantitative estimate of drug-likeness (QED) is 0.810. The molecule has 1 aliphatic carbocycles. The van der Waals surface area contributed by atoms with Crippen LogP contribution in [0.5, 0.6) is 0 Å². The predicted molar refractivity (Wildman–Crippen MR) is 83.5 cm³/mol. The molecule has 2 rings (SSSR count). The zero-order valence-corrected chi connectivity index (χ0v) is 13.3. The van der Waals surface area contributed by atoms with E-state index in [4.69, 9.17) is 0 Å². The Kier molecular flexibility index (Phi) is 5.70. The van der Waals surface area contributed by atoms with Gasteiger partial charge in [0.1, 0.15) is 0 Å². The van der Waals surface area contributed by atoms with Gasteiger partial charge < -0.3 is 10.6 Å². The van der Waals surface area contributed by atoms with Crippen molar-refractivity contribution in [2.75, 3.05) is 13.1 Å². The van der Waals surface area contributed by atoms with Gasteiger partial charge in [0.2, 0.25) is 0 Å². The third-order valence-corrected chi connectivity index (χ3v) is 5.79. The van der Waals surface area contributed by atoms with Crippen LogP contribution in [0, 0.1) is 11.3 Å². The van der Waals surface area contributed by atoms with E-state index in [2.05, 4.69) is 31.4 Å². The highest BCUT2D eigenvalue weighted by molar-refractivity contribution is 4.86. The zero-order chi connectivity index (χ0) is 13.7. The van der Waals surface area contributed by atoms with Crippen molar-refractivity contribution in [3.8, 4) is 0 Å². The summed E-state index contributed by atoms with van der Waals surface area (Å²) in [4.78, 5) is 0. The Morgan fingerprint density at radius 2 is 1.63 bits per heavy atom. The molecule has 112 valence electrons. The van der Waals surface area contributed by atoms with Crippen molar-refractivity contribution in [2.45, 2.75) is 84.2 Å². The molecule has 2 heteroatoms. The standard InChI is InChI=1S/C17H34N2/c1-4-17(2,3)14-7-9-16(10-8-14)19-15-6-5-12-18-13-11-15/h14-16,18-19H,4-13H2,1-3H3. The van der Waals surface area contributed by atoms with Crippen LogP contribution >= 0.6 is 0 Å². The molecular formula is C17H34N2. The summed E-state index contributed by atoms with van der Waals surface area (Å²) in [6.07, 6.45) is 11.0. The second kappa shape index (κ2) is 7.08. The summed E-state index contributed by atoms with van der Waals surface area (Å²) in [5.74, 6) is 0.950. The highest BCUT2D eigenvalue weighted by atomic mass is 15.0. The van der Waals surface area contributed by atoms with Crippen LogP contribution in [-0.4, -0.2) is 25.2 Å². The lowest BCUT2D eigenvalue weighted by Crippen LogP contribution is -2.42. The van der Waals surface area contributed by atoms with Crippen LogP contribution in [0.3, 0.4) is 0 Å². The van der Waals surface area contributed by atoms with Gasteiger partial charge in [-0.1, -0.05) is 27.2 Å². The molecule has 1 heterocycles. The summed E-state index contributed by atoms with van der Waals surface area (Å²) in [5, 5.41) is 7.46. The highest BCUT2D eigenvalue weighted by Gasteiger charge is 2.32. The minimum Gasteiger partial charge on any atom is -0.317 e. The molecule has 0 amide bonds. The van der Waals surface area contributed by atoms with Crippen LogP contribution < -0.4 is 10.6 Å². The third kappa shape index (κ3) is 4.46. The fourth-order valence-corrected chi connectivity index (χ4v) is 3.85. The minimum absolute atomic E-state index is 0.553. The second-order valence-corrected chi connectivity index (χ2v) is 7.44. The molecule has 19 heavy (non-hydrogen) atoms. The Morgan fingerprint density at radius 3 is 2.32 bits per heavy atom. The molecule has 2 fully saturated rings. The van der Waals surface area contributed by atoms with E-state index >= 15 is 0 Å². The number of hydrogen-bond acceptors (Lipinski definition) is 2. The van der Waals surface area contributed by atoms with Gasteiger partial charge in [-0.3, -0.25) is 0 Å². The SMILES string of the molecule is CCC(C)(C)C1CCC(NC2CCCNCC2)CC1. The van der Waals surface area contributed by atoms with E-state index < -0.39 is 0 Å². The van der Waals surface area contributed by atoms with Gasteiger partial charge in [-0.2, -0.15) is 0 Å². The Bertz CT molecular complexity index is 246. The lowest BCUT2D eigenvalue weighted by Gasteiger charge is -2.40. The summed E-state index contributed by atoms with van der Waals surface area (Å²) in [7, 11) is 0. The van der Waals surface area contributed by atoms with Crippen molar-refractivity contribution in [3.05, 3.63) is 0 Å². The van der Waals surface area contributed by atoms with E-state index in [0.717, 1.165) is 18.0 Å². The number of hydrogen-bond donors (Lipinski definition) is 2. The molecule has 1 aliphatic heterocycles. The van der Waals surface area contributed by atoms with E-state index in [1.165, 1.54) is 64.5 Å². The molecule has 2 aliphatic rings. The minimum atomic E-state index is 0.553. The van der Waals surface area contributed by atoms with Crippen LogP contribution in [0.15, 0.2) is 0 Å². The molecule has 1 saturated heterocycles. The smallest absolute Gasteiger partial charge is 0.00822 e. The first kappa shape index (κ1) is 15.3. The molecular weight excluding hydrogens is 232 g/mol. The van der Waals surface area contributed by atoms with Crippen molar-refractivity contribution in [1.82, 2.24) is 10.6 Å². The van der Waals surface area contributed by atoms with Gasteiger partial charge in [-0.15, -0.1) is 0 Å². The molecule has 0 aromatic carbocycles. The summed E-state index contributed by atoms with van der Waals surface area (Å²) in [5.41, 5.74) is 0.553. The summed E-state index contributed by atoms with van der Waals surface area (Å²) >= 11 is 0. The molecule has 1 atom stereocenters. The Labute approximate surface area is 120 Å². The van der Waals surface area contributed by atoms with Crippen LogP contribution in [0.25, 0.3) is 0 Å². The van der Waals surface area contributed by atoms with Crippen LogP contribution in [0.2, 0.25) is 0 Å². The Hall–Kier alpha value is -0.0800. The molecule has 0 aromatic rings. The van der Waals surface area contributed by atoms with Crippen LogP contribution in [-0.2, 0) is 0 Å². The third-order valence-electron chi connectivity index (χ3n) is 5.79.